The van der Waals surface area contributed by atoms with Gasteiger partial charge in [-0.1, -0.05) is 17.7 Å². The number of halogens is 3. The summed E-state index contributed by atoms with van der Waals surface area (Å²) in [4.78, 5) is 0. The third-order valence-corrected chi connectivity index (χ3v) is 1.08. The smallest absolute Gasteiger partial charge is 0.0314 e. The van der Waals surface area contributed by atoms with Crippen molar-refractivity contribution in [2.75, 3.05) is 5.73 Å². The van der Waals surface area contributed by atoms with Gasteiger partial charge in [0.25, 0.3) is 0 Å². The minimum Gasteiger partial charge on any atom is -0.399 e. The van der Waals surface area contributed by atoms with Crippen molar-refractivity contribution in [3.05, 3.63) is 29.8 Å². The Labute approximate surface area is 71.6 Å². The normalized spacial score (nSPS) is 6.08. The molecule has 0 spiro atoms. The Bertz CT molecular complexity index is 158. The van der Waals surface area contributed by atoms with Crippen molar-refractivity contribution in [2.24, 2.45) is 0 Å². The zero-order valence-electron chi connectivity index (χ0n) is 6.69. The topological polar surface area (TPSA) is 26.0 Å². The van der Waals surface area contributed by atoms with Gasteiger partial charge in [0.2, 0.25) is 0 Å². The van der Waals surface area contributed by atoms with Crippen LogP contribution < -0.4 is 5.73 Å². The lowest BCUT2D eigenvalue weighted by Crippen LogP contribution is -1.81. The van der Waals surface area contributed by atoms with Crippen LogP contribution in [0.4, 0.5) is 19.8 Å². The Morgan fingerprint density at radius 2 is 1.25 bits per heavy atom. The maximum Gasteiger partial charge on any atom is 0.0314 e. The molecule has 0 aliphatic heterocycles. The molecule has 0 heterocycles. The van der Waals surface area contributed by atoms with E-state index in [2.05, 4.69) is 0 Å². The summed E-state index contributed by atoms with van der Waals surface area (Å²) in [7, 11) is 0. The highest BCUT2D eigenvalue weighted by atomic mass is 19.0. The predicted octanol–water partition coefficient (Wildman–Crippen LogP) is 1.65. The molecule has 3 radical (unpaired) electrons. The highest BCUT2D eigenvalue weighted by molar-refractivity contribution is 5.75. The molecule has 5 heteroatoms. The van der Waals surface area contributed by atoms with Crippen LogP contribution in [-0.2, 0) is 0 Å². The minimum atomic E-state index is 0. The van der Waals surface area contributed by atoms with Gasteiger partial charge < -0.3 is 5.73 Å². The molecule has 0 aliphatic rings. The standard InChI is InChI=1S/C7H9N.B.3FH/c1-6-2-4-7(8)5-3-6;;;;/h2-5H,8H2,1H3;;3*1H. The average molecular weight is 178 g/mol. The van der Waals surface area contributed by atoms with Crippen LogP contribution in [0.3, 0.4) is 0 Å². The van der Waals surface area contributed by atoms with Gasteiger partial charge in [0.05, 0.1) is 0 Å². The fourth-order valence-electron chi connectivity index (χ4n) is 0.566. The van der Waals surface area contributed by atoms with Gasteiger partial charge in [-0.3, -0.25) is 14.1 Å². The number of aryl methyl sites for hydroxylation is 1. The lowest BCUT2D eigenvalue weighted by atomic mass is 10.2. The van der Waals surface area contributed by atoms with Crippen molar-refractivity contribution in [3.8, 4) is 0 Å². The van der Waals surface area contributed by atoms with Crippen LogP contribution in [0.15, 0.2) is 24.3 Å². The van der Waals surface area contributed by atoms with E-state index in [9.17, 15) is 0 Å². The number of hydrogen-bond donors (Lipinski definition) is 1. The molecule has 0 unspecified atom stereocenters. The van der Waals surface area contributed by atoms with Crippen LogP contribution in [0.25, 0.3) is 0 Å². The van der Waals surface area contributed by atoms with E-state index in [-0.39, 0.29) is 22.5 Å². The molecule has 0 amide bonds. The van der Waals surface area contributed by atoms with Gasteiger partial charge >= 0.3 is 0 Å². The van der Waals surface area contributed by atoms with Crippen LogP contribution in [0.2, 0.25) is 0 Å². The van der Waals surface area contributed by atoms with Gasteiger partial charge in [-0.05, 0) is 19.1 Å². The van der Waals surface area contributed by atoms with Crippen LogP contribution in [-0.4, -0.2) is 8.41 Å². The zero-order valence-corrected chi connectivity index (χ0v) is 6.69. The summed E-state index contributed by atoms with van der Waals surface area (Å²) in [6.45, 7) is 2.04. The third-order valence-electron chi connectivity index (χ3n) is 1.08. The van der Waals surface area contributed by atoms with E-state index in [1.54, 1.807) is 0 Å². The van der Waals surface area contributed by atoms with E-state index in [1.807, 2.05) is 31.2 Å². The van der Waals surface area contributed by atoms with Crippen molar-refractivity contribution in [1.29, 1.82) is 0 Å². The lowest BCUT2D eigenvalue weighted by Gasteiger charge is -1.90. The first-order valence-electron chi connectivity index (χ1n) is 2.61. The third kappa shape index (κ3) is 6.99. The predicted molar refractivity (Wildman–Crippen MR) is 48.9 cm³/mol. The monoisotopic (exact) mass is 178 g/mol. The molecular weight excluding hydrogens is 166 g/mol. The lowest BCUT2D eigenvalue weighted by molar-refractivity contribution is 1.11. The van der Waals surface area contributed by atoms with Crippen LogP contribution in [0.5, 0.6) is 0 Å². The van der Waals surface area contributed by atoms with Crippen LogP contribution in [0, 0.1) is 6.92 Å². The first-order chi connectivity index (χ1) is 3.79. The first-order valence-corrected chi connectivity index (χ1v) is 2.61. The molecule has 0 atom stereocenters. The molecule has 0 saturated carbocycles. The summed E-state index contributed by atoms with van der Waals surface area (Å²) in [5.41, 5.74) is 7.51. The number of rotatable bonds is 0. The summed E-state index contributed by atoms with van der Waals surface area (Å²) in [6, 6.07) is 7.79. The van der Waals surface area contributed by atoms with Gasteiger partial charge in [0.1, 0.15) is 0 Å². The van der Waals surface area contributed by atoms with Gasteiger partial charge in [0.15, 0.2) is 0 Å². The molecule has 0 fully saturated rings. The molecule has 0 aromatic heterocycles. The van der Waals surface area contributed by atoms with Gasteiger partial charge in [0, 0.05) is 14.1 Å². The van der Waals surface area contributed by atoms with Crippen molar-refractivity contribution in [2.45, 2.75) is 6.92 Å². The number of hydrogen-bond acceptors (Lipinski definition) is 1. The van der Waals surface area contributed by atoms with E-state index in [4.69, 9.17) is 5.73 Å². The fourth-order valence-corrected chi connectivity index (χ4v) is 0.566. The van der Waals surface area contributed by atoms with E-state index in [1.165, 1.54) is 5.56 Å². The van der Waals surface area contributed by atoms with Crippen molar-refractivity contribution >= 4 is 14.1 Å². The van der Waals surface area contributed by atoms with Gasteiger partial charge in [-0.25, -0.2) is 0 Å². The minimum absolute atomic E-state index is 0. The summed E-state index contributed by atoms with van der Waals surface area (Å²) in [6.07, 6.45) is 0. The molecule has 2 N–H and O–H groups in total. The largest absolute Gasteiger partial charge is 0.399 e. The fraction of sp³-hybridized carbons (Fsp3) is 0.143. The van der Waals surface area contributed by atoms with E-state index in [0.717, 1.165) is 5.69 Å². The SMILES string of the molecule is Cc1ccc(N)cc1.F.F.F.[B]. The molecule has 1 aromatic rings. The number of nitrogens with two attached hydrogens (primary N) is 1. The van der Waals surface area contributed by atoms with Crippen LogP contribution in [0.1, 0.15) is 5.56 Å². The van der Waals surface area contributed by atoms with Crippen molar-refractivity contribution in [3.63, 3.8) is 0 Å². The van der Waals surface area contributed by atoms with E-state index < -0.39 is 0 Å². The molecule has 0 saturated heterocycles. The van der Waals surface area contributed by atoms with Gasteiger partial charge in [-0.15, -0.1) is 0 Å². The Balaban J connectivity index is -0.0000000800. The van der Waals surface area contributed by atoms with E-state index in [0.29, 0.717) is 0 Å². The quantitative estimate of drug-likeness (QED) is 0.474. The maximum atomic E-state index is 5.43. The summed E-state index contributed by atoms with van der Waals surface area (Å²) in [5, 5.41) is 0. The molecule has 1 aromatic carbocycles. The molecule has 0 bridgehead atoms. The highest BCUT2D eigenvalue weighted by Gasteiger charge is 1.80. The second-order valence-corrected chi connectivity index (χ2v) is 1.91. The van der Waals surface area contributed by atoms with Crippen molar-refractivity contribution < 1.29 is 14.1 Å². The molecule has 69 valence electrons. The number of anilines is 1. The van der Waals surface area contributed by atoms with E-state index >= 15 is 0 Å². The van der Waals surface area contributed by atoms with Gasteiger partial charge in [-0.2, -0.15) is 0 Å². The molecular formula is C7H12BF3N. The molecule has 12 heavy (non-hydrogen) atoms. The summed E-state index contributed by atoms with van der Waals surface area (Å²) < 4.78 is 0. The van der Waals surface area contributed by atoms with Crippen molar-refractivity contribution in [1.82, 2.24) is 0 Å². The van der Waals surface area contributed by atoms with Crippen LogP contribution >= 0.6 is 0 Å². The maximum absolute atomic E-state index is 5.43. The zero-order chi connectivity index (χ0) is 5.98. The summed E-state index contributed by atoms with van der Waals surface area (Å²) in [5.74, 6) is 0. The number of nitrogen functional groups attached to an aromatic ring is 1. The number of benzene rings is 1. The average Bonchev–Trinajstić information content (AvgIpc) is 1.77. The second kappa shape index (κ2) is 9.87. The highest BCUT2D eigenvalue weighted by Crippen LogP contribution is 2.02. The first kappa shape index (κ1) is 22.4. The summed E-state index contributed by atoms with van der Waals surface area (Å²) >= 11 is 0. The second-order valence-electron chi connectivity index (χ2n) is 1.91. The Kier molecular flexibility index (Phi) is 18.5. The Morgan fingerprint density at radius 3 is 1.50 bits per heavy atom. The Hall–Kier alpha value is -1.13. The Morgan fingerprint density at radius 1 is 0.917 bits per heavy atom. The molecule has 1 nitrogen and oxygen atoms in total. The molecule has 1 rings (SSSR count). The molecule has 0 aliphatic carbocycles.